The van der Waals surface area contributed by atoms with Crippen LogP contribution in [0.4, 0.5) is 0 Å². The number of phosphoric acid groups is 1. The first-order valence-corrected chi connectivity index (χ1v) is 22.7. The number of rotatable bonds is 38. The average molecular weight is 775 g/mol. The summed E-state index contributed by atoms with van der Waals surface area (Å²) < 4.78 is 34.2. The third-order valence-electron chi connectivity index (χ3n) is 9.09. The molecule has 10 nitrogen and oxygen atoms in total. The van der Waals surface area contributed by atoms with Gasteiger partial charge in [-0.3, -0.25) is 18.6 Å². The van der Waals surface area contributed by atoms with Crippen LogP contribution in [0.1, 0.15) is 174 Å². The molecule has 53 heavy (non-hydrogen) atoms. The van der Waals surface area contributed by atoms with Crippen molar-refractivity contribution in [3.63, 3.8) is 0 Å². The standard InChI is InChI=1S/C42H80NO9P/c1-6-8-10-12-14-15-16-17-18-19-21-25-29-33-41(45)49-37-40(38-51-53(47,48)50-36-35-43(3,4)5)52-42(46)34-30-26-22-24-28-32-39(44)31-27-23-20-13-11-9-7-2/h20,23,27,31,39-40,44H,6-19,21-22,24-26,28-30,32-38H2,1-5H3/p+1/b23-20-,31-27+/t39?,40-/m1/s1. The molecule has 3 atom stereocenters. The number of hydrogen-bond acceptors (Lipinski definition) is 8. The maximum Gasteiger partial charge on any atom is 0.472 e. The lowest BCUT2D eigenvalue weighted by Gasteiger charge is -2.24. The fourth-order valence-electron chi connectivity index (χ4n) is 5.68. The minimum Gasteiger partial charge on any atom is -0.462 e. The maximum absolute atomic E-state index is 12.7. The Morgan fingerprint density at radius 2 is 1.17 bits per heavy atom. The van der Waals surface area contributed by atoms with Crippen molar-refractivity contribution in [2.24, 2.45) is 0 Å². The Morgan fingerprint density at radius 1 is 0.660 bits per heavy atom. The van der Waals surface area contributed by atoms with Crippen molar-refractivity contribution < 1.29 is 47.2 Å². The van der Waals surface area contributed by atoms with Gasteiger partial charge in [-0.2, -0.15) is 0 Å². The van der Waals surface area contributed by atoms with Crippen LogP contribution in [0.5, 0.6) is 0 Å². The van der Waals surface area contributed by atoms with Crippen molar-refractivity contribution in [2.75, 3.05) is 47.5 Å². The topological polar surface area (TPSA) is 129 Å². The molecular weight excluding hydrogens is 693 g/mol. The molecule has 312 valence electrons. The summed E-state index contributed by atoms with van der Waals surface area (Å²) in [6.45, 7) is 4.26. The van der Waals surface area contributed by atoms with E-state index in [1.807, 2.05) is 39.4 Å². The monoisotopic (exact) mass is 775 g/mol. The van der Waals surface area contributed by atoms with Crippen LogP contribution >= 0.6 is 7.82 Å². The van der Waals surface area contributed by atoms with E-state index in [0.29, 0.717) is 23.9 Å². The highest BCUT2D eigenvalue weighted by atomic mass is 31.2. The molecule has 0 spiro atoms. The number of likely N-dealkylation sites (N-methyl/N-ethyl adjacent to an activating group) is 1. The second-order valence-corrected chi connectivity index (χ2v) is 17.0. The van der Waals surface area contributed by atoms with Gasteiger partial charge in [0.1, 0.15) is 19.8 Å². The number of allylic oxidation sites excluding steroid dienone is 3. The van der Waals surface area contributed by atoms with Gasteiger partial charge in [0.05, 0.1) is 33.9 Å². The SMILES string of the molecule is CCCCC/C=C\C=C\C(O)CCCCCCCC(=O)O[C@H](COC(=O)CCCCCCCCCCCCCCC)COP(=O)(O)OCC[N+](C)(C)C. The average Bonchev–Trinajstić information content (AvgIpc) is 3.10. The van der Waals surface area contributed by atoms with Crippen LogP contribution in [0.2, 0.25) is 0 Å². The van der Waals surface area contributed by atoms with Crippen LogP contribution < -0.4 is 0 Å². The van der Waals surface area contributed by atoms with Crippen molar-refractivity contribution in [3.05, 3.63) is 24.3 Å². The van der Waals surface area contributed by atoms with E-state index in [1.54, 1.807) is 0 Å². The number of carbonyl (C=O) groups excluding carboxylic acids is 2. The lowest BCUT2D eigenvalue weighted by molar-refractivity contribution is -0.870. The van der Waals surface area contributed by atoms with Gasteiger partial charge >= 0.3 is 19.8 Å². The van der Waals surface area contributed by atoms with Crippen molar-refractivity contribution in [2.45, 2.75) is 187 Å². The van der Waals surface area contributed by atoms with E-state index < -0.39 is 32.6 Å². The van der Waals surface area contributed by atoms with Gasteiger partial charge in [-0.25, -0.2) is 4.57 Å². The number of aliphatic hydroxyl groups is 1. The molecule has 11 heteroatoms. The zero-order valence-electron chi connectivity index (χ0n) is 34.6. The van der Waals surface area contributed by atoms with Crippen molar-refractivity contribution in [3.8, 4) is 0 Å². The van der Waals surface area contributed by atoms with E-state index in [9.17, 15) is 24.2 Å². The summed E-state index contributed by atoms with van der Waals surface area (Å²) in [4.78, 5) is 35.3. The number of phosphoric ester groups is 1. The fourth-order valence-corrected chi connectivity index (χ4v) is 6.42. The molecule has 0 aromatic carbocycles. The molecule has 0 aromatic heterocycles. The van der Waals surface area contributed by atoms with Crippen LogP contribution in [0.15, 0.2) is 24.3 Å². The predicted molar refractivity (Wildman–Crippen MR) is 217 cm³/mol. The van der Waals surface area contributed by atoms with Gasteiger partial charge in [-0.15, -0.1) is 0 Å². The molecule has 0 saturated carbocycles. The number of unbranched alkanes of at least 4 members (excludes halogenated alkanes) is 19. The number of esters is 2. The molecule has 0 radical (unpaired) electrons. The molecule has 0 rings (SSSR count). The Morgan fingerprint density at radius 3 is 1.74 bits per heavy atom. The number of aliphatic hydroxyl groups excluding tert-OH is 1. The Kier molecular flexibility index (Phi) is 33.9. The van der Waals surface area contributed by atoms with Gasteiger partial charge in [0.25, 0.3) is 0 Å². The van der Waals surface area contributed by atoms with Crippen molar-refractivity contribution in [1.29, 1.82) is 0 Å². The second-order valence-electron chi connectivity index (χ2n) is 15.6. The van der Waals surface area contributed by atoms with Crippen LogP contribution in [0, 0.1) is 0 Å². The number of carbonyl (C=O) groups is 2. The van der Waals surface area contributed by atoms with Gasteiger partial charge in [0, 0.05) is 12.8 Å². The Balaban J connectivity index is 4.47. The first kappa shape index (κ1) is 51.5. The number of hydrogen-bond donors (Lipinski definition) is 2. The summed E-state index contributed by atoms with van der Waals surface area (Å²) in [5.74, 6) is -0.867. The molecule has 0 amide bonds. The number of nitrogens with zero attached hydrogens (tertiary/aromatic N) is 1. The zero-order valence-corrected chi connectivity index (χ0v) is 35.5. The highest BCUT2D eigenvalue weighted by molar-refractivity contribution is 7.47. The molecule has 0 heterocycles. The van der Waals surface area contributed by atoms with E-state index in [2.05, 4.69) is 19.9 Å². The highest BCUT2D eigenvalue weighted by Crippen LogP contribution is 2.43. The summed E-state index contributed by atoms with van der Waals surface area (Å²) in [6.07, 6.45) is 32.4. The number of quaternary nitrogens is 1. The molecule has 0 aromatic rings. The van der Waals surface area contributed by atoms with E-state index in [4.69, 9.17) is 18.5 Å². The largest absolute Gasteiger partial charge is 0.472 e. The molecule has 0 aliphatic carbocycles. The molecule has 0 saturated heterocycles. The van der Waals surface area contributed by atoms with E-state index in [1.165, 1.54) is 83.5 Å². The number of ether oxygens (including phenoxy) is 2. The van der Waals surface area contributed by atoms with Gasteiger partial charge in [-0.1, -0.05) is 154 Å². The predicted octanol–water partition coefficient (Wildman–Crippen LogP) is 10.5. The second kappa shape index (κ2) is 34.9. The summed E-state index contributed by atoms with van der Waals surface area (Å²) in [5, 5.41) is 10.2. The normalized spacial score (nSPS) is 14.5. The van der Waals surface area contributed by atoms with Gasteiger partial charge in [0.2, 0.25) is 0 Å². The summed E-state index contributed by atoms with van der Waals surface area (Å²) >= 11 is 0. The minimum atomic E-state index is -4.39. The van der Waals surface area contributed by atoms with E-state index >= 15 is 0 Å². The van der Waals surface area contributed by atoms with Gasteiger partial charge < -0.3 is 24.0 Å². The van der Waals surface area contributed by atoms with E-state index in [-0.39, 0.29) is 32.0 Å². The summed E-state index contributed by atoms with van der Waals surface area (Å²) in [6, 6.07) is 0. The van der Waals surface area contributed by atoms with Gasteiger partial charge in [-0.05, 0) is 32.1 Å². The molecule has 0 fully saturated rings. The van der Waals surface area contributed by atoms with Crippen molar-refractivity contribution in [1.82, 2.24) is 0 Å². The third kappa shape index (κ3) is 38.5. The third-order valence-corrected chi connectivity index (χ3v) is 10.1. The van der Waals surface area contributed by atoms with Crippen molar-refractivity contribution >= 4 is 19.8 Å². The minimum absolute atomic E-state index is 0.0159. The Hall–Kier alpha value is -1.55. The molecular formula is C42H81NO9P+. The van der Waals surface area contributed by atoms with Crippen LogP contribution in [0.25, 0.3) is 0 Å². The molecule has 2 N–H and O–H groups in total. The quantitative estimate of drug-likeness (QED) is 0.0207. The fraction of sp³-hybridized carbons (Fsp3) is 0.857. The molecule has 0 aliphatic heterocycles. The molecule has 2 unspecified atom stereocenters. The van der Waals surface area contributed by atoms with Crippen LogP contribution in [0.3, 0.4) is 0 Å². The zero-order chi connectivity index (χ0) is 39.5. The smallest absolute Gasteiger partial charge is 0.462 e. The summed E-state index contributed by atoms with van der Waals surface area (Å²) in [7, 11) is 1.42. The van der Waals surface area contributed by atoms with Gasteiger partial charge in [0.15, 0.2) is 6.10 Å². The lowest BCUT2D eigenvalue weighted by Crippen LogP contribution is -2.37. The Labute approximate surface area is 324 Å². The first-order chi connectivity index (χ1) is 25.4. The highest BCUT2D eigenvalue weighted by Gasteiger charge is 2.27. The van der Waals surface area contributed by atoms with E-state index in [0.717, 1.165) is 51.4 Å². The van der Waals surface area contributed by atoms with Crippen LogP contribution in [-0.2, 0) is 32.7 Å². The lowest BCUT2D eigenvalue weighted by atomic mass is 10.0. The molecule has 0 bridgehead atoms. The maximum atomic E-state index is 12.7. The Bertz CT molecular complexity index is 982. The summed E-state index contributed by atoms with van der Waals surface area (Å²) in [5.41, 5.74) is 0. The first-order valence-electron chi connectivity index (χ1n) is 21.2. The molecule has 0 aliphatic rings. The van der Waals surface area contributed by atoms with Crippen LogP contribution in [-0.4, -0.2) is 86.1 Å².